The highest BCUT2D eigenvalue weighted by atomic mass is 16.2. The molecule has 0 unspecified atom stereocenters. The molecule has 3 amide bonds. The summed E-state index contributed by atoms with van der Waals surface area (Å²) in [5.74, 6) is -0.856. The minimum absolute atomic E-state index is 0.0739. The molecule has 152 valence electrons. The maximum atomic E-state index is 12.2. The van der Waals surface area contributed by atoms with Gasteiger partial charge in [-0.1, -0.05) is 36.4 Å². The van der Waals surface area contributed by atoms with Crippen LogP contribution >= 0.6 is 0 Å². The van der Waals surface area contributed by atoms with Crippen LogP contribution in [0.4, 0.5) is 5.69 Å². The van der Waals surface area contributed by atoms with Gasteiger partial charge in [-0.05, 0) is 43.0 Å². The molecule has 0 aromatic heterocycles. The maximum absolute atomic E-state index is 12.2. The molecule has 0 aliphatic carbocycles. The second-order valence-electron chi connectivity index (χ2n) is 7.07. The Bertz CT molecular complexity index is 897. The van der Waals surface area contributed by atoms with Crippen LogP contribution in [0.1, 0.15) is 34.3 Å². The largest absolute Gasteiger partial charge is 0.362 e. The van der Waals surface area contributed by atoms with Gasteiger partial charge < -0.3 is 10.2 Å². The summed E-state index contributed by atoms with van der Waals surface area (Å²) in [4.78, 5) is 38.3. The molecular weight excluding hydrogens is 368 g/mol. The topological polar surface area (TPSA) is 90.5 Å². The number of hydrazine groups is 1. The Kier molecular flexibility index (Phi) is 6.84. The fraction of sp³-hybridized carbons (Fsp3) is 0.318. The quantitative estimate of drug-likeness (QED) is 0.651. The average Bonchev–Trinajstić information content (AvgIpc) is 2.73. The van der Waals surface area contributed by atoms with Gasteiger partial charge in [0, 0.05) is 30.8 Å². The van der Waals surface area contributed by atoms with Crippen LogP contribution in [-0.4, -0.2) is 37.4 Å². The van der Waals surface area contributed by atoms with E-state index >= 15 is 0 Å². The summed E-state index contributed by atoms with van der Waals surface area (Å²) in [6, 6.07) is 15.3. The number of anilines is 1. The number of fused-ring (bicyclic) bond motifs is 1. The molecule has 0 fully saturated rings. The van der Waals surface area contributed by atoms with Crippen LogP contribution in [0.15, 0.2) is 48.5 Å². The lowest BCUT2D eigenvalue weighted by Crippen LogP contribution is -2.47. The number of aryl methyl sites for hydroxylation is 2. The lowest BCUT2D eigenvalue weighted by molar-refractivity contribution is -0.128. The zero-order valence-electron chi connectivity index (χ0n) is 16.5. The van der Waals surface area contributed by atoms with Crippen molar-refractivity contribution in [3.05, 3.63) is 65.2 Å². The molecule has 29 heavy (non-hydrogen) atoms. The highest BCUT2D eigenvalue weighted by molar-refractivity contribution is 5.95. The van der Waals surface area contributed by atoms with E-state index in [0.29, 0.717) is 5.56 Å². The summed E-state index contributed by atoms with van der Waals surface area (Å²) < 4.78 is 0. The van der Waals surface area contributed by atoms with Crippen molar-refractivity contribution in [2.45, 2.75) is 26.2 Å². The molecule has 0 saturated heterocycles. The zero-order valence-corrected chi connectivity index (χ0v) is 16.5. The Labute approximate surface area is 170 Å². The van der Waals surface area contributed by atoms with Crippen molar-refractivity contribution in [3.63, 3.8) is 0 Å². The average molecular weight is 394 g/mol. The summed E-state index contributed by atoms with van der Waals surface area (Å²) in [5, 5.41) is 2.71. The predicted octanol–water partition coefficient (Wildman–Crippen LogP) is 1.72. The second-order valence-corrected chi connectivity index (χ2v) is 7.07. The van der Waals surface area contributed by atoms with E-state index in [-0.39, 0.29) is 37.2 Å². The van der Waals surface area contributed by atoms with Gasteiger partial charge in [0.05, 0.1) is 6.54 Å². The molecule has 3 N–H and O–H groups in total. The van der Waals surface area contributed by atoms with Crippen molar-refractivity contribution >= 4 is 23.4 Å². The van der Waals surface area contributed by atoms with Gasteiger partial charge in [-0.25, -0.2) is 0 Å². The van der Waals surface area contributed by atoms with Crippen molar-refractivity contribution in [1.82, 2.24) is 16.2 Å². The number of benzene rings is 2. The summed E-state index contributed by atoms with van der Waals surface area (Å²) in [6.45, 7) is 3.04. The Morgan fingerprint density at radius 1 is 0.966 bits per heavy atom. The molecule has 0 atom stereocenters. The van der Waals surface area contributed by atoms with Gasteiger partial charge in [-0.3, -0.25) is 25.2 Å². The third kappa shape index (κ3) is 5.57. The third-order valence-corrected chi connectivity index (χ3v) is 4.91. The van der Waals surface area contributed by atoms with Crippen LogP contribution in [0.2, 0.25) is 0 Å². The van der Waals surface area contributed by atoms with Crippen molar-refractivity contribution < 1.29 is 14.4 Å². The molecule has 2 aromatic carbocycles. The molecule has 1 heterocycles. The molecule has 1 aliphatic rings. The van der Waals surface area contributed by atoms with Gasteiger partial charge >= 0.3 is 0 Å². The second kappa shape index (κ2) is 9.73. The number of hydrogen-bond acceptors (Lipinski definition) is 4. The summed E-state index contributed by atoms with van der Waals surface area (Å²) >= 11 is 0. The summed E-state index contributed by atoms with van der Waals surface area (Å²) in [5.41, 5.74) is 8.62. The lowest BCUT2D eigenvalue weighted by Gasteiger charge is -2.30. The van der Waals surface area contributed by atoms with Gasteiger partial charge in [0.15, 0.2) is 0 Å². The molecule has 7 heteroatoms. The minimum Gasteiger partial charge on any atom is -0.362 e. The predicted molar refractivity (Wildman–Crippen MR) is 111 cm³/mol. The summed E-state index contributed by atoms with van der Waals surface area (Å²) in [7, 11) is 0. The van der Waals surface area contributed by atoms with Crippen molar-refractivity contribution in [2.75, 3.05) is 24.5 Å². The number of amides is 3. The van der Waals surface area contributed by atoms with E-state index in [0.717, 1.165) is 30.6 Å². The van der Waals surface area contributed by atoms with E-state index in [1.807, 2.05) is 42.2 Å². The first-order valence-electron chi connectivity index (χ1n) is 9.79. The van der Waals surface area contributed by atoms with Gasteiger partial charge in [-0.2, -0.15) is 0 Å². The SMILES string of the molecule is Cc1ccccc1C(=O)NCCC(=O)NNC(=O)CN1CCCc2ccccc21. The van der Waals surface area contributed by atoms with E-state index in [1.165, 1.54) is 5.56 Å². The molecule has 0 radical (unpaired) electrons. The number of carbonyl (C=O) groups is 3. The van der Waals surface area contributed by atoms with Crippen LogP contribution in [0.25, 0.3) is 0 Å². The maximum Gasteiger partial charge on any atom is 0.257 e. The first-order valence-corrected chi connectivity index (χ1v) is 9.79. The summed E-state index contributed by atoms with van der Waals surface area (Å²) in [6.07, 6.45) is 2.08. The van der Waals surface area contributed by atoms with E-state index in [4.69, 9.17) is 0 Å². The molecule has 1 aliphatic heterocycles. The molecule has 0 saturated carbocycles. The van der Waals surface area contributed by atoms with Crippen LogP contribution in [0, 0.1) is 6.92 Å². The number of rotatable bonds is 6. The van der Waals surface area contributed by atoms with Crippen LogP contribution in [-0.2, 0) is 16.0 Å². The molecular formula is C22H26N4O3. The number of para-hydroxylation sites is 1. The lowest BCUT2D eigenvalue weighted by atomic mass is 10.0. The van der Waals surface area contributed by atoms with Crippen LogP contribution in [0.3, 0.4) is 0 Å². The number of nitrogens with one attached hydrogen (secondary N) is 3. The van der Waals surface area contributed by atoms with E-state index in [2.05, 4.69) is 22.2 Å². The Balaban J connectivity index is 1.38. The Morgan fingerprint density at radius 3 is 2.52 bits per heavy atom. The first kappa shape index (κ1) is 20.4. The van der Waals surface area contributed by atoms with Gasteiger partial charge in [-0.15, -0.1) is 0 Å². The monoisotopic (exact) mass is 394 g/mol. The first-order chi connectivity index (χ1) is 14.0. The fourth-order valence-corrected chi connectivity index (χ4v) is 3.40. The van der Waals surface area contributed by atoms with E-state index in [1.54, 1.807) is 12.1 Å². The van der Waals surface area contributed by atoms with Gasteiger partial charge in [0.25, 0.3) is 11.8 Å². The fourth-order valence-electron chi connectivity index (χ4n) is 3.40. The molecule has 2 aromatic rings. The highest BCUT2D eigenvalue weighted by Crippen LogP contribution is 2.26. The molecule has 0 spiro atoms. The number of carbonyl (C=O) groups excluding carboxylic acids is 3. The van der Waals surface area contributed by atoms with Crippen LogP contribution in [0.5, 0.6) is 0 Å². The zero-order chi connectivity index (χ0) is 20.6. The van der Waals surface area contributed by atoms with Crippen molar-refractivity contribution in [2.24, 2.45) is 0 Å². The van der Waals surface area contributed by atoms with Gasteiger partial charge in [0.2, 0.25) is 5.91 Å². The Hall–Kier alpha value is -3.35. The van der Waals surface area contributed by atoms with E-state index < -0.39 is 0 Å². The van der Waals surface area contributed by atoms with Gasteiger partial charge in [0.1, 0.15) is 0 Å². The standard InChI is InChI=1S/C22H26N4O3/c1-16-7-2-4-10-18(16)22(29)23-13-12-20(27)24-25-21(28)15-26-14-6-9-17-8-3-5-11-19(17)26/h2-5,7-8,10-11H,6,9,12-15H2,1H3,(H,23,29)(H,24,27)(H,25,28). The third-order valence-electron chi connectivity index (χ3n) is 4.91. The highest BCUT2D eigenvalue weighted by Gasteiger charge is 2.18. The molecule has 0 bridgehead atoms. The molecule has 3 rings (SSSR count). The number of nitrogens with zero attached hydrogens (tertiary/aromatic N) is 1. The minimum atomic E-state index is -0.359. The van der Waals surface area contributed by atoms with Crippen molar-refractivity contribution in [1.29, 1.82) is 0 Å². The van der Waals surface area contributed by atoms with Crippen molar-refractivity contribution in [3.8, 4) is 0 Å². The normalized spacial score (nSPS) is 12.7. The van der Waals surface area contributed by atoms with E-state index in [9.17, 15) is 14.4 Å². The van der Waals surface area contributed by atoms with Crippen LogP contribution < -0.4 is 21.1 Å². The molecule has 7 nitrogen and oxygen atoms in total. The smallest absolute Gasteiger partial charge is 0.257 e. The Morgan fingerprint density at radius 2 is 1.69 bits per heavy atom. The number of hydrogen-bond donors (Lipinski definition) is 3.